The Balaban J connectivity index is 2.02. The third-order valence-corrected chi connectivity index (χ3v) is 4.42. The smallest absolute Gasteiger partial charge is 0.319 e. The number of imidazole rings is 1. The van der Waals surface area contributed by atoms with Crippen LogP contribution in [-0.2, 0) is 0 Å². The van der Waals surface area contributed by atoms with E-state index in [0.29, 0.717) is 23.3 Å². The van der Waals surface area contributed by atoms with Crippen LogP contribution < -0.4 is 10.6 Å². The number of hydrogen-bond acceptors (Lipinski definition) is 3. The molecule has 2 amide bonds. The van der Waals surface area contributed by atoms with Gasteiger partial charge in [-0.05, 0) is 31.0 Å². The van der Waals surface area contributed by atoms with Gasteiger partial charge in [-0.2, -0.15) is 0 Å². The van der Waals surface area contributed by atoms with Gasteiger partial charge < -0.3 is 20.7 Å². The van der Waals surface area contributed by atoms with Crippen LogP contribution in [0.15, 0.2) is 18.2 Å². The first-order valence-corrected chi connectivity index (χ1v) is 7.86. The van der Waals surface area contributed by atoms with Gasteiger partial charge in [0.1, 0.15) is 0 Å². The summed E-state index contributed by atoms with van der Waals surface area (Å²) in [5, 5.41) is 14.9. The number of carbonyl (C=O) groups is 1. The van der Waals surface area contributed by atoms with E-state index in [1.165, 1.54) is 0 Å². The minimum absolute atomic E-state index is 0.00319. The van der Waals surface area contributed by atoms with Crippen LogP contribution in [-0.4, -0.2) is 34.3 Å². The Morgan fingerprint density at radius 3 is 2.67 bits per heavy atom. The van der Waals surface area contributed by atoms with E-state index in [9.17, 15) is 18.7 Å². The maximum atomic E-state index is 12.6. The number of urea groups is 1. The maximum Gasteiger partial charge on any atom is 0.319 e. The highest BCUT2D eigenvalue weighted by Gasteiger charge is 2.25. The average molecular weight is 340 g/mol. The first-order chi connectivity index (χ1) is 11.4. The van der Waals surface area contributed by atoms with E-state index in [2.05, 4.69) is 20.6 Å². The van der Waals surface area contributed by atoms with Crippen molar-refractivity contribution in [1.82, 2.24) is 15.3 Å². The van der Waals surface area contributed by atoms with Crippen LogP contribution in [0.3, 0.4) is 0 Å². The number of alkyl halides is 2. The highest BCUT2D eigenvalue weighted by Crippen LogP contribution is 2.25. The summed E-state index contributed by atoms with van der Waals surface area (Å²) < 4.78 is 25.3. The molecule has 24 heavy (non-hydrogen) atoms. The van der Waals surface area contributed by atoms with Gasteiger partial charge in [0.25, 0.3) is 6.43 Å². The fourth-order valence-electron chi connectivity index (χ4n) is 2.43. The SMILES string of the molecule is CCC(CC)(CO)CNC(=O)Nc1ccc2nc(C(F)F)[nH]c2c1. The number of benzene rings is 1. The fraction of sp³-hybridized carbons (Fsp3) is 0.500. The molecule has 0 saturated heterocycles. The lowest BCUT2D eigenvalue weighted by molar-refractivity contribution is 0.116. The molecule has 0 aliphatic carbocycles. The van der Waals surface area contributed by atoms with Crippen LogP contribution in [0.5, 0.6) is 0 Å². The Bertz CT molecular complexity index is 690. The number of aromatic nitrogens is 2. The highest BCUT2D eigenvalue weighted by molar-refractivity contribution is 5.91. The van der Waals surface area contributed by atoms with E-state index in [1.54, 1.807) is 18.2 Å². The molecule has 1 aromatic carbocycles. The number of fused-ring (bicyclic) bond motifs is 1. The first-order valence-electron chi connectivity index (χ1n) is 7.86. The molecule has 2 aromatic rings. The molecule has 0 aliphatic heterocycles. The van der Waals surface area contributed by atoms with E-state index in [0.717, 1.165) is 12.8 Å². The van der Waals surface area contributed by atoms with Crippen LogP contribution in [0, 0.1) is 5.41 Å². The zero-order valence-corrected chi connectivity index (χ0v) is 13.7. The molecule has 4 N–H and O–H groups in total. The summed E-state index contributed by atoms with van der Waals surface area (Å²) in [6, 6.07) is 4.29. The number of halogens is 2. The Hall–Kier alpha value is -2.22. The molecule has 0 aliphatic rings. The standard InChI is InChI=1S/C16H22F2N4O2/c1-3-16(4-2,9-23)8-19-15(24)20-10-5-6-11-12(7-10)22-14(21-11)13(17)18/h5-7,13,23H,3-4,8-9H2,1-2H3,(H,21,22)(H2,19,20,24). The van der Waals surface area contributed by atoms with E-state index in [4.69, 9.17) is 0 Å². The lowest BCUT2D eigenvalue weighted by Crippen LogP contribution is -2.41. The Morgan fingerprint density at radius 2 is 2.08 bits per heavy atom. The number of aliphatic hydroxyl groups excluding tert-OH is 1. The van der Waals surface area contributed by atoms with Crippen molar-refractivity contribution in [2.45, 2.75) is 33.1 Å². The molecule has 0 fully saturated rings. The normalized spacial score (nSPS) is 11.9. The first kappa shape index (κ1) is 18.1. The quantitative estimate of drug-likeness (QED) is 0.622. The summed E-state index contributed by atoms with van der Waals surface area (Å²) in [5.41, 5.74) is 0.964. The van der Waals surface area contributed by atoms with Gasteiger partial charge in [0.2, 0.25) is 0 Å². The van der Waals surface area contributed by atoms with Gasteiger partial charge in [0.05, 0.1) is 17.6 Å². The maximum absolute atomic E-state index is 12.6. The van der Waals surface area contributed by atoms with Gasteiger partial charge in [-0.25, -0.2) is 18.6 Å². The number of amides is 2. The van der Waals surface area contributed by atoms with Gasteiger partial charge in [-0.1, -0.05) is 13.8 Å². The number of aliphatic hydroxyl groups is 1. The van der Waals surface area contributed by atoms with Gasteiger partial charge >= 0.3 is 6.03 Å². The number of hydrogen-bond donors (Lipinski definition) is 4. The van der Waals surface area contributed by atoms with Crippen molar-refractivity contribution in [3.05, 3.63) is 24.0 Å². The predicted molar refractivity (Wildman–Crippen MR) is 88.2 cm³/mol. The molecule has 1 heterocycles. The Labute approximate surface area is 138 Å². The van der Waals surface area contributed by atoms with Crippen LogP contribution in [0.25, 0.3) is 11.0 Å². The number of nitrogens with zero attached hydrogens (tertiary/aromatic N) is 1. The fourth-order valence-corrected chi connectivity index (χ4v) is 2.43. The number of aromatic amines is 1. The van der Waals surface area contributed by atoms with Gasteiger partial charge in [0.15, 0.2) is 5.82 Å². The molecular weight excluding hydrogens is 318 g/mol. The van der Waals surface area contributed by atoms with Crippen LogP contribution in [0.2, 0.25) is 0 Å². The summed E-state index contributed by atoms with van der Waals surface area (Å²) in [5.74, 6) is -0.398. The van der Waals surface area contributed by atoms with E-state index >= 15 is 0 Å². The third kappa shape index (κ3) is 4.00. The number of H-pyrrole nitrogens is 1. The lowest BCUT2D eigenvalue weighted by atomic mass is 9.83. The summed E-state index contributed by atoms with van der Waals surface area (Å²) in [7, 11) is 0. The number of anilines is 1. The van der Waals surface area contributed by atoms with Crippen molar-refractivity contribution in [3.8, 4) is 0 Å². The molecule has 0 spiro atoms. The molecule has 1 aromatic heterocycles. The van der Waals surface area contributed by atoms with Gasteiger partial charge in [0, 0.05) is 17.6 Å². The van der Waals surface area contributed by atoms with E-state index < -0.39 is 18.3 Å². The van der Waals surface area contributed by atoms with E-state index in [1.807, 2.05) is 13.8 Å². The van der Waals surface area contributed by atoms with Crippen molar-refractivity contribution < 1.29 is 18.7 Å². The number of rotatable bonds is 7. The Kier molecular flexibility index (Phi) is 5.71. The second-order valence-electron chi connectivity index (χ2n) is 5.83. The number of carbonyl (C=O) groups excluding carboxylic acids is 1. The summed E-state index contributed by atoms with van der Waals surface area (Å²) in [6.07, 6.45) is -1.18. The molecule has 0 bridgehead atoms. The molecule has 0 radical (unpaired) electrons. The minimum Gasteiger partial charge on any atom is -0.396 e. The zero-order valence-electron chi connectivity index (χ0n) is 13.7. The summed E-state index contributed by atoms with van der Waals surface area (Å²) >= 11 is 0. The van der Waals surface area contributed by atoms with Gasteiger partial charge in [-0.3, -0.25) is 0 Å². The molecule has 0 saturated carbocycles. The monoisotopic (exact) mass is 340 g/mol. The topological polar surface area (TPSA) is 90.0 Å². The summed E-state index contributed by atoms with van der Waals surface area (Å²) in [6.45, 7) is 4.28. The zero-order chi connectivity index (χ0) is 17.7. The minimum atomic E-state index is -2.67. The molecule has 132 valence electrons. The molecule has 0 unspecified atom stereocenters. The van der Waals surface area contributed by atoms with Crippen molar-refractivity contribution in [2.75, 3.05) is 18.5 Å². The van der Waals surface area contributed by atoms with Crippen LogP contribution >= 0.6 is 0 Å². The molecule has 8 heteroatoms. The van der Waals surface area contributed by atoms with Crippen molar-refractivity contribution in [3.63, 3.8) is 0 Å². The molecular formula is C16H22F2N4O2. The Morgan fingerprint density at radius 1 is 1.38 bits per heavy atom. The highest BCUT2D eigenvalue weighted by atomic mass is 19.3. The van der Waals surface area contributed by atoms with Crippen molar-refractivity contribution in [1.29, 1.82) is 0 Å². The average Bonchev–Trinajstić information content (AvgIpc) is 3.00. The van der Waals surface area contributed by atoms with Crippen LogP contribution in [0.4, 0.5) is 19.3 Å². The predicted octanol–water partition coefficient (Wildman–Crippen LogP) is 3.42. The summed E-state index contributed by atoms with van der Waals surface area (Å²) in [4.78, 5) is 18.3. The van der Waals surface area contributed by atoms with Crippen molar-refractivity contribution >= 4 is 22.8 Å². The largest absolute Gasteiger partial charge is 0.396 e. The number of nitrogens with one attached hydrogen (secondary N) is 3. The van der Waals surface area contributed by atoms with Crippen molar-refractivity contribution in [2.24, 2.45) is 5.41 Å². The van der Waals surface area contributed by atoms with Crippen LogP contribution in [0.1, 0.15) is 38.9 Å². The lowest BCUT2D eigenvalue weighted by Gasteiger charge is -2.29. The molecule has 6 nitrogen and oxygen atoms in total. The molecule has 2 rings (SSSR count). The van der Waals surface area contributed by atoms with Gasteiger partial charge in [-0.15, -0.1) is 0 Å². The third-order valence-electron chi connectivity index (χ3n) is 4.42. The molecule has 0 atom stereocenters. The van der Waals surface area contributed by atoms with E-state index in [-0.39, 0.29) is 12.0 Å². The second kappa shape index (κ2) is 7.57. The second-order valence-corrected chi connectivity index (χ2v) is 5.83.